The van der Waals surface area contributed by atoms with E-state index in [9.17, 15) is 4.79 Å². The third-order valence-electron chi connectivity index (χ3n) is 7.80. The first kappa shape index (κ1) is 35.0. The number of halogens is 1. The highest BCUT2D eigenvalue weighted by Gasteiger charge is 2.20. The summed E-state index contributed by atoms with van der Waals surface area (Å²) in [6, 6.07) is 7.43. The van der Waals surface area contributed by atoms with E-state index in [4.69, 9.17) is 25.8 Å². The Morgan fingerprint density at radius 3 is 2.64 bits per heavy atom. The van der Waals surface area contributed by atoms with Crippen molar-refractivity contribution in [3.05, 3.63) is 51.7 Å². The molecule has 2 N–H and O–H groups in total. The van der Waals surface area contributed by atoms with Gasteiger partial charge in [-0.2, -0.15) is 0 Å². The highest BCUT2D eigenvalue weighted by atomic mass is 35.5. The van der Waals surface area contributed by atoms with Crippen LogP contribution in [0, 0.1) is 13.8 Å². The highest BCUT2D eigenvalue weighted by Crippen LogP contribution is 2.28. The molecule has 2 unspecified atom stereocenters. The maximum atomic E-state index is 12.8. The van der Waals surface area contributed by atoms with Crippen LogP contribution in [0.2, 0.25) is 5.02 Å². The number of piperazine rings is 1. The average molecular weight is 660 g/mol. The standard InChI is InChI=1S/C32H46ClN7O4S/c1-6-25(42-5)11-18-44-23(3)10-17-43-19-16-39-12-14-40(15-13-39)29-20-28(35-24(4)36-29)37-32-34-21-27(45-32)31(41)38-30-22(2)8-7-9-26(30)33/h7-9,20-21,23,25H,6,10-19H2,1-5H3,(H,38,41)(H,34,35,36,37). The van der Waals surface area contributed by atoms with Crippen LogP contribution in [0.5, 0.6) is 0 Å². The Kier molecular flexibility index (Phi) is 13.8. The van der Waals surface area contributed by atoms with E-state index in [-0.39, 0.29) is 18.1 Å². The third-order valence-corrected chi connectivity index (χ3v) is 9.02. The number of methoxy groups -OCH3 is 1. The summed E-state index contributed by atoms with van der Waals surface area (Å²) < 4.78 is 17.2. The van der Waals surface area contributed by atoms with Crippen molar-refractivity contribution in [1.29, 1.82) is 0 Å². The topological polar surface area (TPSA) is 114 Å². The molecule has 0 bridgehead atoms. The van der Waals surface area contributed by atoms with Crippen molar-refractivity contribution in [2.24, 2.45) is 0 Å². The average Bonchev–Trinajstić information content (AvgIpc) is 3.49. The summed E-state index contributed by atoms with van der Waals surface area (Å²) in [7, 11) is 1.76. The van der Waals surface area contributed by atoms with Gasteiger partial charge in [0.15, 0.2) is 5.13 Å². The number of para-hydroxylation sites is 1. The molecule has 2 atom stereocenters. The molecule has 0 saturated carbocycles. The first-order chi connectivity index (χ1) is 21.7. The number of carbonyl (C=O) groups is 1. The van der Waals surface area contributed by atoms with Gasteiger partial charge in [0.05, 0.1) is 35.7 Å². The monoisotopic (exact) mass is 659 g/mol. The lowest BCUT2D eigenvalue weighted by atomic mass is 10.2. The molecule has 45 heavy (non-hydrogen) atoms. The van der Waals surface area contributed by atoms with Crippen LogP contribution >= 0.6 is 22.9 Å². The predicted molar refractivity (Wildman–Crippen MR) is 182 cm³/mol. The second kappa shape index (κ2) is 17.7. The zero-order valence-electron chi connectivity index (χ0n) is 27.0. The van der Waals surface area contributed by atoms with E-state index in [2.05, 4.69) is 49.2 Å². The fourth-order valence-electron chi connectivity index (χ4n) is 5.01. The molecule has 2 aromatic heterocycles. The number of hydrogen-bond acceptors (Lipinski definition) is 11. The van der Waals surface area contributed by atoms with Gasteiger partial charge in [0.25, 0.3) is 5.91 Å². The smallest absolute Gasteiger partial charge is 0.267 e. The summed E-state index contributed by atoms with van der Waals surface area (Å²) in [5.41, 5.74) is 1.49. The van der Waals surface area contributed by atoms with Crippen molar-refractivity contribution in [3.8, 4) is 0 Å². The molecule has 0 aliphatic carbocycles. The molecule has 0 radical (unpaired) electrons. The quantitative estimate of drug-likeness (QED) is 0.169. The van der Waals surface area contributed by atoms with Crippen LogP contribution in [-0.2, 0) is 14.2 Å². The molecule has 1 aliphatic rings. The molecule has 3 heterocycles. The summed E-state index contributed by atoms with van der Waals surface area (Å²) in [5, 5.41) is 7.21. The van der Waals surface area contributed by atoms with Gasteiger partial charge < -0.3 is 29.7 Å². The van der Waals surface area contributed by atoms with Crippen molar-refractivity contribution < 1.29 is 19.0 Å². The molecule has 1 aliphatic heterocycles. The molecule has 0 spiro atoms. The van der Waals surface area contributed by atoms with Crippen molar-refractivity contribution in [3.63, 3.8) is 0 Å². The lowest BCUT2D eigenvalue weighted by molar-refractivity contribution is 0.00337. The summed E-state index contributed by atoms with van der Waals surface area (Å²) in [5.74, 6) is 1.91. The Hall–Kier alpha value is -2.87. The minimum absolute atomic E-state index is 0.180. The molecule has 13 heteroatoms. The fourth-order valence-corrected chi connectivity index (χ4v) is 6.00. The maximum Gasteiger partial charge on any atom is 0.267 e. The summed E-state index contributed by atoms with van der Waals surface area (Å²) in [6.45, 7) is 14.6. The summed E-state index contributed by atoms with van der Waals surface area (Å²) in [4.78, 5) is 31.6. The third kappa shape index (κ3) is 10.9. The number of nitrogens with one attached hydrogen (secondary N) is 2. The van der Waals surface area contributed by atoms with Gasteiger partial charge in [-0.3, -0.25) is 9.69 Å². The van der Waals surface area contributed by atoms with Gasteiger partial charge in [-0.1, -0.05) is 42.0 Å². The molecule has 246 valence electrons. The van der Waals surface area contributed by atoms with Gasteiger partial charge in [0.1, 0.15) is 22.3 Å². The number of amides is 1. The number of anilines is 4. The lowest BCUT2D eigenvalue weighted by Crippen LogP contribution is -2.47. The largest absolute Gasteiger partial charge is 0.381 e. The van der Waals surface area contributed by atoms with Crippen LogP contribution in [0.15, 0.2) is 30.5 Å². The van der Waals surface area contributed by atoms with Crippen LogP contribution in [-0.4, -0.2) is 97.6 Å². The summed E-state index contributed by atoms with van der Waals surface area (Å²) >= 11 is 7.52. The van der Waals surface area contributed by atoms with E-state index >= 15 is 0 Å². The summed E-state index contributed by atoms with van der Waals surface area (Å²) in [6.07, 6.45) is 4.82. The normalized spacial score (nSPS) is 15.2. The minimum Gasteiger partial charge on any atom is -0.381 e. The van der Waals surface area contributed by atoms with Crippen LogP contribution in [0.3, 0.4) is 0 Å². The lowest BCUT2D eigenvalue weighted by Gasteiger charge is -2.35. The van der Waals surface area contributed by atoms with E-state index in [1.165, 1.54) is 11.3 Å². The number of ether oxygens (including phenoxy) is 3. The highest BCUT2D eigenvalue weighted by molar-refractivity contribution is 7.17. The molecule has 1 fully saturated rings. The van der Waals surface area contributed by atoms with Crippen molar-refractivity contribution in [2.45, 2.75) is 59.2 Å². The molecule has 1 saturated heterocycles. The number of thiazole rings is 1. The zero-order valence-corrected chi connectivity index (χ0v) is 28.5. The van der Waals surface area contributed by atoms with Gasteiger partial charge >= 0.3 is 0 Å². The number of nitrogens with zero attached hydrogens (tertiary/aromatic N) is 5. The molecule has 1 aromatic carbocycles. The van der Waals surface area contributed by atoms with E-state index in [0.717, 1.165) is 70.0 Å². The van der Waals surface area contributed by atoms with E-state index < -0.39 is 0 Å². The second-order valence-electron chi connectivity index (χ2n) is 11.2. The SMILES string of the molecule is CCC(CCOC(C)CCOCCN1CCN(c2cc(Nc3ncc(C(=O)Nc4c(C)cccc4Cl)s3)nc(C)n2)CC1)OC. The minimum atomic E-state index is -0.262. The van der Waals surface area contributed by atoms with Crippen LogP contribution < -0.4 is 15.5 Å². The fraction of sp³-hybridized carbons (Fsp3) is 0.562. The number of rotatable bonds is 17. The van der Waals surface area contributed by atoms with Gasteiger partial charge in [-0.15, -0.1) is 0 Å². The molecular formula is C32H46ClN7O4S. The van der Waals surface area contributed by atoms with Crippen molar-refractivity contribution in [1.82, 2.24) is 19.9 Å². The maximum absolute atomic E-state index is 12.8. The number of hydrogen-bond donors (Lipinski definition) is 2. The predicted octanol–water partition coefficient (Wildman–Crippen LogP) is 5.95. The van der Waals surface area contributed by atoms with Gasteiger partial charge in [-0.25, -0.2) is 15.0 Å². The van der Waals surface area contributed by atoms with Crippen LogP contribution in [0.25, 0.3) is 0 Å². The van der Waals surface area contributed by atoms with Crippen molar-refractivity contribution in [2.75, 3.05) is 75.2 Å². The Morgan fingerprint density at radius 2 is 1.91 bits per heavy atom. The van der Waals surface area contributed by atoms with E-state index in [0.29, 0.717) is 45.6 Å². The van der Waals surface area contributed by atoms with Gasteiger partial charge in [0.2, 0.25) is 0 Å². The van der Waals surface area contributed by atoms with Crippen molar-refractivity contribution >= 4 is 51.3 Å². The Labute approximate surface area is 275 Å². The van der Waals surface area contributed by atoms with Crippen LogP contribution in [0.4, 0.5) is 22.5 Å². The first-order valence-electron chi connectivity index (χ1n) is 15.6. The number of aryl methyl sites for hydroxylation is 2. The van der Waals surface area contributed by atoms with E-state index in [1.54, 1.807) is 19.4 Å². The molecule has 1 amide bonds. The molecule has 11 nitrogen and oxygen atoms in total. The number of carbonyl (C=O) groups excluding carboxylic acids is 1. The zero-order chi connectivity index (χ0) is 32.2. The van der Waals surface area contributed by atoms with Gasteiger partial charge in [0, 0.05) is 59.1 Å². The molecular weight excluding hydrogens is 614 g/mol. The van der Waals surface area contributed by atoms with Crippen LogP contribution in [0.1, 0.15) is 54.2 Å². The molecule has 4 rings (SSSR count). The Bertz CT molecular complexity index is 1340. The number of aromatic nitrogens is 3. The Balaban J connectivity index is 1.18. The Morgan fingerprint density at radius 1 is 1.11 bits per heavy atom. The van der Waals surface area contributed by atoms with Gasteiger partial charge in [-0.05, 0) is 51.7 Å². The number of benzene rings is 1. The van der Waals surface area contributed by atoms with E-state index in [1.807, 2.05) is 32.0 Å². The second-order valence-corrected chi connectivity index (χ2v) is 12.6. The first-order valence-corrected chi connectivity index (χ1v) is 16.8. The molecule has 3 aromatic rings.